The number of alkyl halides is 3. The highest BCUT2D eigenvalue weighted by Gasteiger charge is 2.30. The number of hydrogen-bond donors (Lipinski definition) is 1. The Kier molecular flexibility index (Phi) is 4.68. The third kappa shape index (κ3) is 3.80. The fraction of sp³-hybridized carbons (Fsp3) is 0.0476. The lowest BCUT2D eigenvalue weighted by Gasteiger charge is -2.06. The highest BCUT2D eigenvalue weighted by atomic mass is 32.2. The van der Waals surface area contributed by atoms with Crippen molar-refractivity contribution in [2.24, 2.45) is 4.99 Å². The predicted molar refractivity (Wildman–Crippen MR) is 106 cm³/mol. The molecule has 0 bridgehead atoms. The number of rotatable bonds is 2. The number of carbonyl (C=O) groups excluding carboxylic acids is 1. The highest BCUT2D eigenvalue weighted by molar-refractivity contribution is 8.18. The number of amides is 1. The SMILES string of the molecule is O=C1NC(=Nc2cccc(C(F)(F)F)c2)S/C1=C/c1cccc2ccccc12. The molecule has 140 valence electrons. The Bertz CT molecular complexity index is 1130. The first-order valence-corrected chi connectivity index (χ1v) is 9.16. The zero-order chi connectivity index (χ0) is 19.7. The average molecular weight is 398 g/mol. The maximum absolute atomic E-state index is 12.8. The van der Waals surface area contributed by atoms with Crippen molar-refractivity contribution in [3.63, 3.8) is 0 Å². The largest absolute Gasteiger partial charge is 0.416 e. The maximum Gasteiger partial charge on any atom is 0.416 e. The van der Waals surface area contributed by atoms with Crippen molar-refractivity contribution < 1.29 is 18.0 Å². The molecule has 4 rings (SSSR count). The summed E-state index contributed by atoms with van der Waals surface area (Å²) in [5, 5.41) is 4.91. The van der Waals surface area contributed by atoms with Crippen molar-refractivity contribution in [2.45, 2.75) is 6.18 Å². The second-order valence-electron chi connectivity index (χ2n) is 6.10. The van der Waals surface area contributed by atoms with Crippen LogP contribution in [-0.2, 0) is 11.0 Å². The molecule has 0 unspecified atom stereocenters. The van der Waals surface area contributed by atoms with Crippen molar-refractivity contribution >= 4 is 45.4 Å². The third-order valence-electron chi connectivity index (χ3n) is 4.16. The zero-order valence-electron chi connectivity index (χ0n) is 14.3. The first-order valence-electron chi connectivity index (χ1n) is 8.35. The van der Waals surface area contributed by atoms with Crippen LogP contribution in [0.3, 0.4) is 0 Å². The second-order valence-corrected chi connectivity index (χ2v) is 7.13. The van der Waals surface area contributed by atoms with E-state index in [0.29, 0.717) is 4.91 Å². The lowest BCUT2D eigenvalue weighted by molar-refractivity contribution is -0.137. The number of thioether (sulfide) groups is 1. The van der Waals surface area contributed by atoms with Gasteiger partial charge in [-0.25, -0.2) is 4.99 Å². The number of hydrogen-bond acceptors (Lipinski definition) is 3. The molecule has 1 saturated heterocycles. The predicted octanol–water partition coefficient (Wildman–Crippen LogP) is 5.75. The number of benzene rings is 3. The topological polar surface area (TPSA) is 41.5 Å². The Labute approximate surface area is 163 Å². The Morgan fingerprint density at radius 1 is 0.964 bits per heavy atom. The molecule has 28 heavy (non-hydrogen) atoms. The second kappa shape index (κ2) is 7.16. The molecule has 0 saturated carbocycles. The smallest absolute Gasteiger partial charge is 0.300 e. The summed E-state index contributed by atoms with van der Waals surface area (Å²) in [6.07, 6.45) is -2.68. The molecule has 3 aromatic rings. The standard InChI is InChI=1S/C21H13F3N2OS/c22-21(23,24)15-8-4-9-16(12-15)25-20-26-19(27)18(28-20)11-14-7-3-6-13-5-1-2-10-17(13)14/h1-12H,(H,25,26,27)/b18-11+. The van der Waals surface area contributed by atoms with Crippen molar-refractivity contribution in [1.29, 1.82) is 0 Å². The number of nitrogens with zero attached hydrogens (tertiary/aromatic N) is 1. The van der Waals surface area contributed by atoms with Gasteiger partial charge in [-0.2, -0.15) is 13.2 Å². The van der Waals surface area contributed by atoms with Gasteiger partial charge in [-0.15, -0.1) is 0 Å². The van der Waals surface area contributed by atoms with Gasteiger partial charge in [0.25, 0.3) is 5.91 Å². The number of halogens is 3. The Hall–Kier alpha value is -3.06. The van der Waals surface area contributed by atoms with Crippen LogP contribution >= 0.6 is 11.8 Å². The Morgan fingerprint density at radius 2 is 1.71 bits per heavy atom. The molecule has 1 heterocycles. The van der Waals surface area contributed by atoms with E-state index < -0.39 is 11.7 Å². The van der Waals surface area contributed by atoms with Crippen LogP contribution in [0.1, 0.15) is 11.1 Å². The van der Waals surface area contributed by atoms with E-state index in [1.54, 1.807) is 6.08 Å². The van der Waals surface area contributed by atoms with Crippen LogP contribution in [0.25, 0.3) is 16.8 Å². The molecule has 3 nitrogen and oxygen atoms in total. The van der Waals surface area contributed by atoms with Crippen molar-refractivity contribution in [3.05, 3.63) is 82.8 Å². The molecule has 0 aliphatic carbocycles. The minimum absolute atomic E-state index is 0.129. The van der Waals surface area contributed by atoms with Crippen LogP contribution in [0.15, 0.2) is 76.6 Å². The Morgan fingerprint density at radius 3 is 2.54 bits per heavy atom. The lowest BCUT2D eigenvalue weighted by Crippen LogP contribution is -2.19. The minimum Gasteiger partial charge on any atom is -0.300 e. The van der Waals surface area contributed by atoms with E-state index in [1.807, 2.05) is 42.5 Å². The molecule has 1 N–H and O–H groups in total. The molecule has 1 aliphatic rings. The van der Waals surface area contributed by atoms with E-state index in [9.17, 15) is 18.0 Å². The van der Waals surface area contributed by atoms with Gasteiger partial charge < -0.3 is 5.32 Å². The zero-order valence-corrected chi connectivity index (χ0v) is 15.1. The summed E-state index contributed by atoms with van der Waals surface area (Å²) in [7, 11) is 0. The summed E-state index contributed by atoms with van der Waals surface area (Å²) in [6.45, 7) is 0. The molecule has 1 fully saturated rings. The summed E-state index contributed by atoms with van der Waals surface area (Å²) >= 11 is 1.10. The van der Waals surface area contributed by atoms with Gasteiger partial charge in [0.05, 0.1) is 16.2 Å². The van der Waals surface area contributed by atoms with Crippen molar-refractivity contribution in [2.75, 3.05) is 0 Å². The van der Waals surface area contributed by atoms with E-state index in [4.69, 9.17) is 0 Å². The van der Waals surface area contributed by atoms with Gasteiger partial charge in [0, 0.05) is 0 Å². The minimum atomic E-state index is -4.44. The van der Waals surface area contributed by atoms with E-state index in [-0.39, 0.29) is 16.8 Å². The van der Waals surface area contributed by atoms with Crippen LogP contribution in [0.2, 0.25) is 0 Å². The van der Waals surface area contributed by atoms with Crippen LogP contribution in [0, 0.1) is 0 Å². The number of fused-ring (bicyclic) bond motifs is 1. The van der Waals surface area contributed by atoms with Gasteiger partial charge in [0.2, 0.25) is 0 Å². The highest BCUT2D eigenvalue weighted by Crippen LogP contribution is 2.33. The molecule has 7 heteroatoms. The summed E-state index contributed by atoms with van der Waals surface area (Å²) in [6, 6.07) is 18.3. The number of amidine groups is 1. The van der Waals surface area contributed by atoms with Crippen LogP contribution in [-0.4, -0.2) is 11.1 Å². The first-order chi connectivity index (χ1) is 13.4. The molecule has 0 spiro atoms. The van der Waals surface area contributed by atoms with E-state index in [0.717, 1.165) is 40.2 Å². The van der Waals surface area contributed by atoms with Crippen LogP contribution in [0.5, 0.6) is 0 Å². The fourth-order valence-corrected chi connectivity index (χ4v) is 3.70. The molecule has 0 aromatic heterocycles. The average Bonchev–Trinajstić information content (AvgIpc) is 3.00. The van der Waals surface area contributed by atoms with Gasteiger partial charge in [0.15, 0.2) is 5.17 Å². The summed E-state index contributed by atoms with van der Waals surface area (Å²) in [4.78, 5) is 16.9. The first kappa shape index (κ1) is 18.3. The number of nitrogens with one attached hydrogen (secondary N) is 1. The van der Waals surface area contributed by atoms with Gasteiger partial charge in [-0.3, -0.25) is 4.79 Å². The summed E-state index contributed by atoms with van der Waals surface area (Å²) in [5.74, 6) is -0.330. The van der Waals surface area contributed by atoms with Crippen LogP contribution < -0.4 is 5.32 Å². The van der Waals surface area contributed by atoms with Crippen molar-refractivity contribution in [3.8, 4) is 0 Å². The van der Waals surface area contributed by atoms with E-state index >= 15 is 0 Å². The maximum atomic E-state index is 12.8. The molecular formula is C21H13F3N2OS. The van der Waals surface area contributed by atoms with Gasteiger partial charge >= 0.3 is 6.18 Å². The Balaban J connectivity index is 1.64. The fourth-order valence-electron chi connectivity index (χ4n) is 2.87. The lowest BCUT2D eigenvalue weighted by atomic mass is 10.0. The quantitative estimate of drug-likeness (QED) is 0.559. The molecule has 1 amide bonds. The normalized spacial score (nSPS) is 17.5. The third-order valence-corrected chi connectivity index (χ3v) is 5.07. The molecule has 1 aliphatic heterocycles. The summed E-state index contributed by atoms with van der Waals surface area (Å²) < 4.78 is 38.5. The molecular weight excluding hydrogens is 385 g/mol. The number of carbonyl (C=O) groups is 1. The van der Waals surface area contributed by atoms with Gasteiger partial charge in [-0.05, 0) is 52.4 Å². The summed E-state index contributed by atoms with van der Waals surface area (Å²) in [5.41, 5.74) is 0.232. The molecule has 0 atom stereocenters. The number of aliphatic imine (C=N–C) groups is 1. The van der Waals surface area contributed by atoms with E-state index in [2.05, 4.69) is 10.3 Å². The molecule has 3 aromatic carbocycles. The van der Waals surface area contributed by atoms with E-state index in [1.165, 1.54) is 12.1 Å². The van der Waals surface area contributed by atoms with Crippen molar-refractivity contribution in [1.82, 2.24) is 5.32 Å². The van der Waals surface area contributed by atoms with Gasteiger partial charge in [0.1, 0.15) is 0 Å². The molecule has 0 radical (unpaired) electrons. The van der Waals surface area contributed by atoms with Crippen LogP contribution in [0.4, 0.5) is 18.9 Å². The monoisotopic (exact) mass is 398 g/mol. The van der Waals surface area contributed by atoms with Gasteiger partial charge in [-0.1, -0.05) is 48.5 Å².